The monoisotopic (exact) mass is 138 g/mol. The highest BCUT2D eigenvalue weighted by molar-refractivity contribution is 5.04. The van der Waals surface area contributed by atoms with Gasteiger partial charge in [0.25, 0.3) is 0 Å². The van der Waals surface area contributed by atoms with Crippen LogP contribution in [0.2, 0.25) is 0 Å². The average Bonchev–Trinajstić information content (AvgIpc) is 2.59. The van der Waals surface area contributed by atoms with E-state index in [0.29, 0.717) is 0 Å². The molecule has 0 radical (unpaired) electrons. The van der Waals surface area contributed by atoms with E-state index in [1.165, 1.54) is 25.7 Å². The molecule has 58 valence electrons. The van der Waals surface area contributed by atoms with Gasteiger partial charge in [0.2, 0.25) is 0 Å². The van der Waals surface area contributed by atoms with Gasteiger partial charge in [0.05, 0.1) is 0 Å². The maximum atomic E-state index is 2.49. The van der Waals surface area contributed by atoms with Gasteiger partial charge in [-0.3, -0.25) is 0 Å². The van der Waals surface area contributed by atoms with Crippen LogP contribution >= 0.6 is 0 Å². The minimum atomic E-state index is 0.818. The molecule has 2 fully saturated rings. The van der Waals surface area contributed by atoms with Crippen LogP contribution in [0.4, 0.5) is 0 Å². The maximum Gasteiger partial charge on any atom is -0.0292 e. The third-order valence-electron chi connectivity index (χ3n) is 3.84. The van der Waals surface area contributed by atoms with Crippen molar-refractivity contribution in [2.24, 2.45) is 17.3 Å². The van der Waals surface area contributed by atoms with Crippen LogP contribution in [0, 0.1) is 17.3 Å². The lowest BCUT2D eigenvalue weighted by Gasteiger charge is -2.24. The third kappa shape index (κ3) is 0.810. The smallest absolute Gasteiger partial charge is 0.0292 e. The van der Waals surface area contributed by atoms with Gasteiger partial charge in [0.15, 0.2) is 0 Å². The number of rotatable bonds is 1. The molecule has 0 nitrogen and oxygen atoms in total. The fourth-order valence-corrected chi connectivity index (χ4v) is 2.92. The predicted octanol–water partition coefficient (Wildman–Crippen LogP) is 3.22. The zero-order chi connectivity index (χ0) is 7.19. The number of fused-ring (bicyclic) bond motifs is 1. The Hall–Kier alpha value is 0. The Labute approximate surface area is 64.0 Å². The summed E-state index contributed by atoms with van der Waals surface area (Å²) in [6, 6.07) is 0. The van der Waals surface area contributed by atoms with Crippen molar-refractivity contribution in [2.45, 2.75) is 46.0 Å². The van der Waals surface area contributed by atoms with Crippen LogP contribution in [0.25, 0.3) is 0 Å². The lowest BCUT2D eigenvalue weighted by molar-refractivity contribution is 0.265. The van der Waals surface area contributed by atoms with Crippen molar-refractivity contribution in [3.8, 4) is 0 Å². The molecular weight excluding hydrogens is 120 g/mol. The Kier molecular flexibility index (Phi) is 1.33. The molecule has 0 aromatic heterocycles. The van der Waals surface area contributed by atoms with Gasteiger partial charge in [0, 0.05) is 0 Å². The van der Waals surface area contributed by atoms with Gasteiger partial charge in [-0.1, -0.05) is 33.1 Å². The summed E-state index contributed by atoms with van der Waals surface area (Å²) >= 11 is 0. The summed E-state index contributed by atoms with van der Waals surface area (Å²) in [7, 11) is 0. The van der Waals surface area contributed by atoms with Crippen molar-refractivity contribution < 1.29 is 0 Å². The average molecular weight is 138 g/mol. The van der Waals surface area contributed by atoms with Gasteiger partial charge >= 0.3 is 0 Å². The van der Waals surface area contributed by atoms with Crippen molar-refractivity contribution in [2.75, 3.05) is 0 Å². The number of hydrogen-bond acceptors (Lipinski definition) is 0. The molecule has 0 spiro atoms. The molecule has 2 saturated carbocycles. The van der Waals surface area contributed by atoms with Gasteiger partial charge in [-0.05, 0) is 30.1 Å². The first kappa shape index (κ1) is 6.69. The van der Waals surface area contributed by atoms with E-state index in [9.17, 15) is 0 Å². The Bertz CT molecular complexity index is 137. The van der Waals surface area contributed by atoms with Crippen LogP contribution in [-0.2, 0) is 0 Å². The van der Waals surface area contributed by atoms with Crippen LogP contribution in [0.15, 0.2) is 0 Å². The standard InChI is InChI=1S/C10H18/c1-3-8-5-4-6-10(2)7-9(8)10/h8-9H,3-7H2,1-2H3. The van der Waals surface area contributed by atoms with Crippen molar-refractivity contribution >= 4 is 0 Å². The van der Waals surface area contributed by atoms with E-state index in [1.54, 1.807) is 6.42 Å². The van der Waals surface area contributed by atoms with Gasteiger partial charge in [-0.2, -0.15) is 0 Å². The van der Waals surface area contributed by atoms with Gasteiger partial charge in [-0.15, -0.1) is 0 Å². The minimum Gasteiger partial charge on any atom is -0.0651 e. The molecule has 0 aromatic carbocycles. The first-order valence-electron chi connectivity index (χ1n) is 4.76. The summed E-state index contributed by atoms with van der Waals surface area (Å²) in [5.41, 5.74) is 0.818. The van der Waals surface area contributed by atoms with Crippen molar-refractivity contribution in [1.29, 1.82) is 0 Å². The molecule has 2 rings (SSSR count). The molecule has 0 aliphatic heterocycles. The Balaban J connectivity index is 2.02. The third-order valence-corrected chi connectivity index (χ3v) is 3.84. The zero-order valence-corrected chi connectivity index (χ0v) is 7.19. The maximum absolute atomic E-state index is 2.49. The normalized spacial score (nSPS) is 52.2. The highest BCUT2D eigenvalue weighted by Crippen LogP contribution is 2.63. The molecular formula is C10H18. The number of hydrogen-bond donors (Lipinski definition) is 0. The SMILES string of the molecule is CCC1CCCC2(C)CC12. The Morgan fingerprint density at radius 2 is 2.30 bits per heavy atom. The van der Waals surface area contributed by atoms with E-state index < -0.39 is 0 Å². The summed E-state index contributed by atoms with van der Waals surface area (Å²) in [4.78, 5) is 0. The second-order valence-electron chi connectivity index (χ2n) is 4.53. The highest BCUT2D eigenvalue weighted by Gasteiger charge is 2.54. The molecule has 2 aliphatic rings. The molecule has 3 unspecified atom stereocenters. The molecule has 10 heavy (non-hydrogen) atoms. The van der Waals surface area contributed by atoms with E-state index in [0.717, 1.165) is 17.3 Å². The summed E-state index contributed by atoms with van der Waals surface area (Å²) in [6.07, 6.45) is 7.53. The summed E-state index contributed by atoms with van der Waals surface area (Å²) in [6.45, 7) is 4.84. The van der Waals surface area contributed by atoms with Gasteiger partial charge < -0.3 is 0 Å². The topological polar surface area (TPSA) is 0 Å². The lowest BCUT2D eigenvalue weighted by Crippen LogP contribution is -2.14. The van der Waals surface area contributed by atoms with E-state index >= 15 is 0 Å². The molecule has 3 atom stereocenters. The Morgan fingerprint density at radius 1 is 1.50 bits per heavy atom. The summed E-state index contributed by atoms with van der Waals surface area (Å²) in [5, 5.41) is 0. The predicted molar refractivity (Wildman–Crippen MR) is 43.8 cm³/mol. The molecule has 0 saturated heterocycles. The van der Waals surface area contributed by atoms with Crippen LogP contribution in [0.1, 0.15) is 46.0 Å². The van der Waals surface area contributed by atoms with Crippen molar-refractivity contribution in [1.82, 2.24) is 0 Å². The second kappa shape index (κ2) is 1.99. The Morgan fingerprint density at radius 3 is 2.90 bits per heavy atom. The van der Waals surface area contributed by atoms with Crippen LogP contribution in [0.5, 0.6) is 0 Å². The molecule has 2 aliphatic carbocycles. The van der Waals surface area contributed by atoms with E-state index in [-0.39, 0.29) is 0 Å². The highest BCUT2D eigenvalue weighted by atomic mass is 14.6. The van der Waals surface area contributed by atoms with Gasteiger partial charge in [0.1, 0.15) is 0 Å². The largest absolute Gasteiger partial charge is 0.0651 e. The van der Waals surface area contributed by atoms with Crippen molar-refractivity contribution in [3.63, 3.8) is 0 Å². The quantitative estimate of drug-likeness (QED) is 0.522. The zero-order valence-electron chi connectivity index (χ0n) is 7.19. The van der Waals surface area contributed by atoms with Crippen molar-refractivity contribution in [3.05, 3.63) is 0 Å². The van der Waals surface area contributed by atoms with Crippen LogP contribution in [-0.4, -0.2) is 0 Å². The molecule has 0 N–H and O–H groups in total. The molecule has 0 amide bonds. The summed E-state index contributed by atoms with van der Waals surface area (Å²) < 4.78 is 0. The first-order valence-corrected chi connectivity index (χ1v) is 4.76. The molecule has 0 aromatic rings. The lowest BCUT2D eigenvalue weighted by atomic mass is 9.81. The second-order valence-corrected chi connectivity index (χ2v) is 4.53. The van der Waals surface area contributed by atoms with E-state index in [2.05, 4.69) is 13.8 Å². The molecule has 0 heteroatoms. The fraction of sp³-hybridized carbons (Fsp3) is 1.00. The van der Waals surface area contributed by atoms with Gasteiger partial charge in [-0.25, -0.2) is 0 Å². The van der Waals surface area contributed by atoms with E-state index in [4.69, 9.17) is 0 Å². The fourth-order valence-electron chi connectivity index (χ4n) is 2.92. The minimum absolute atomic E-state index is 0.818. The van der Waals surface area contributed by atoms with Crippen LogP contribution in [0.3, 0.4) is 0 Å². The summed E-state index contributed by atoms with van der Waals surface area (Å²) in [5.74, 6) is 2.23. The molecule has 0 bridgehead atoms. The van der Waals surface area contributed by atoms with Crippen LogP contribution < -0.4 is 0 Å². The first-order chi connectivity index (χ1) is 4.76. The molecule has 0 heterocycles. The van der Waals surface area contributed by atoms with E-state index in [1.807, 2.05) is 0 Å².